The second-order valence-electron chi connectivity index (χ2n) is 5.37. The Morgan fingerprint density at radius 3 is 2.69 bits per heavy atom. The minimum absolute atomic E-state index is 0.107. The molecule has 1 aliphatic heterocycles. The second-order valence-corrected chi connectivity index (χ2v) is 7.72. The number of amides is 3. The number of halogens is 2. The van der Waals surface area contributed by atoms with E-state index in [0.29, 0.717) is 15.6 Å². The van der Waals surface area contributed by atoms with Crippen LogP contribution in [0.5, 0.6) is 0 Å². The van der Waals surface area contributed by atoms with Crippen LogP contribution in [0.4, 0.5) is 4.79 Å². The lowest BCUT2D eigenvalue weighted by atomic mass is 10.2. The van der Waals surface area contributed by atoms with E-state index >= 15 is 0 Å². The number of thioether (sulfide) groups is 1. The first-order valence-electron chi connectivity index (χ1n) is 7.57. The first-order valence-corrected chi connectivity index (χ1v) is 9.56. The first kappa shape index (κ1) is 18.8. The molecule has 9 heteroatoms. The highest BCUT2D eigenvalue weighted by atomic mass is 79.9. The molecule has 2 heterocycles. The molecule has 6 nitrogen and oxygen atoms in total. The van der Waals surface area contributed by atoms with Crippen LogP contribution >= 0.6 is 39.3 Å². The van der Waals surface area contributed by atoms with Gasteiger partial charge in [-0.1, -0.05) is 23.7 Å². The van der Waals surface area contributed by atoms with Gasteiger partial charge in [-0.15, -0.1) is 0 Å². The molecule has 3 amide bonds. The van der Waals surface area contributed by atoms with Gasteiger partial charge in [-0.05, 0) is 57.5 Å². The predicted molar refractivity (Wildman–Crippen MR) is 105 cm³/mol. The highest BCUT2D eigenvalue weighted by Crippen LogP contribution is 2.32. The van der Waals surface area contributed by atoms with Crippen LogP contribution in [0, 0.1) is 0 Å². The normalized spacial score (nSPS) is 15.8. The number of aromatic nitrogens is 1. The first-order chi connectivity index (χ1) is 12.4. The van der Waals surface area contributed by atoms with Crippen LogP contribution in [-0.2, 0) is 4.79 Å². The molecule has 26 heavy (non-hydrogen) atoms. The summed E-state index contributed by atoms with van der Waals surface area (Å²) < 4.78 is 0.765. The summed E-state index contributed by atoms with van der Waals surface area (Å²) in [5, 5.41) is 2.91. The minimum Gasteiger partial charge on any atom is -0.356 e. The summed E-state index contributed by atoms with van der Waals surface area (Å²) in [6, 6.07) is 8.61. The van der Waals surface area contributed by atoms with Crippen LogP contribution in [0.15, 0.2) is 45.9 Å². The summed E-state index contributed by atoms with van der Waals surface area (Å²) in [5.41, 5.74) is 1.18. The number of nitrogens with zero attached hydrogens (tertiary/aromatic N) is 1. The Balaban J connectivity index is 1.58. The van der Waals surface area contributed by atoms with E-state index in [4.69, 9.17) is 11.6 Å². The number of rotatable bonds is 5. The largest absolute Gasteiger partial charge is 0.356 e. The van der Waals surface area contributed by atoms with Gasteiger partial charge in [-0.2, -0.15) is 0 Å². The van der Waals surface area contributed by atoms with Crippen molar-refractivity contribution in [3.8, 4) is 0 Å². The molecule has 1 saturated heterocycles. The van der Waals surface area contributed by atoms with Crippen LogP contribution in [0.25, 0.3) is 6.08 Å². The maximum atomic E-state index is 12.4. The lowest BCUT2D eigenvalue weighted by Crippen LogP contribution is -2.37. The summed E-state index contributed by atoms with van der Waals surface area (Å²) in [5.74, 6) is -0.675. The molecule has 2 N–H and O–H groups in total. The van der Waals surface area contributed by atoms with E-state index < -0.39 is 0 Å². The Kier molecular flexibility index (Phi) is 5.85. The molecule has 0 aliphatic carbocycles. The third kappa shape index (κ3) is 4.38. The van der Waals surface area contributed by atoms with Gasteiger partial charge in [0.1, 0.15) is 5.69 Å². The SMILES string of the molecule is O=C(NCCN1C(=O)S/C(=C/c2ccc(Cl)cc2)C1=O)c1cc(Br)c[nH]1. The smallest absolute Gasteiger partial charge is 0.293 e. The molecule has 1 aromatic carbocycles. The number of H-pyrrole nitrogens is 1. The molecule has 2 aromatic rings. The van der Waals surface area contributed by atoms with Crippen molar-refractivity contribution < 1.29 is 14.4 Å². The fourth-order valence-corrected chi connectivity index (χ4v) is 3.61. The van der Waals surface area contributed by atoms with E-state index in [1.165, 1.54) is 0 Å². The van der Waals surface area contributed by atoms with Crippen molar-refractivity contribution in [1.82, 2.24) is 15.2 Å². The number of imide groups is 1. The minimum atomic E-state index is -0.369. The molecule has 0 radical (unpaired) electrons. The Bertz CT molecular complexity index is 895. The lowest BCUT2D eigenvalue weighted by Gasteiger charge is -2.12. The summed E-state index contributed by atoms with van der Waals surface area (Å²) >= 11 is 9.97. The van der Waals surface area contributed by atoms with Crippen LogP contribution in [0.3, 0.4) is 0 Å². The quantitative estimate of drug-likeness (QED) is 0.671. The molecule has 0 saturated carbocycles. The number of hydrogen-bond donors (Lipinski definition) is 2. The topological polar surface area (TPSA) is 82.3 Å². The molecule has 1 aliphatic rings. The molecule has 1 aromatic heterocycles. The van der Waals surface area contributed by atoms with Crippen molar-refractivity contribution in [1.29, 1.82) is 0 Å². The number of hydrogen-bond acceptors (Lipinski definition) is 4. The number of aromatic amines is 1. The van der Waals surface area contributed by atoms with E-state index in [1.54, 1.807) is 42.6 Å². The van der Waals surface area contributed by atoms with Gasteiger partial charge in [0, 0.05) is 28.8 Å². The van der Waals surface area contributed by atoms with E-state index in [9.17, 15) is 14.4 Å². The maximum Gasteiger partial charge on any atom is 0.293 e. The highest BCUT2D eigenvalue weighted by molar-refractivity contribution is 9.10. The molecular formula is C17H13BrClN3O3S. The van der Waals surface area contributed by atoms with Crippen molar-refractivity contribution >= 4 is 62.4 Å². The van der Waals surface area contributed by atoms with Crippen molar-refractivity contribution in [2.45, 2.75) is 0 Å². The summed E-state index contributed by atoms with van der Waals surface area (Å²) in [6.07, 6.45) is 3.29. The van der Waals surface area contributed by atoms with Gasteiger partial charge < -0.3 is 10.3 Å². The van der Waals surface area contributed by atoms with E-state index in [-0.39, 0.29) is 30.1 Å². The maximum absolute atomic E-state index is 12.4. The fourth-order valence-electron chi connectivity index (χ4n) is 2.28. The van der Waals surface area contributed by atoms with E-state index in [2.05, 4.69) is 26.2 Å². The Labute approximate surface area is 167 Å². The standard InChI is InChI=1S/C17H13BrClN3O3S/c18-11-8-13(21-9-11)15(23)20-5-6-22-16(24)14(26-17(22)25)7-10-1-3-12(19)4-2-10/h1-4,7-9,21H,5-6H2,(H,20,23)/b14-7+. The zero-order chi connectivity index (χ0) is 18.7. The van der Waals surface area contributed by atoms with Gasteiger partial charge in [-0.3, -0.25) is 19.3 Å². The van der Waals surface area contributed by atoms with Crippen molar-refractivity contribution in [2.24, 2.45) is 0 Å². The van der Waals surface area contributed by atoms with Gasteiger partial charge in [0.2, 0.25) is 0 Å². The number of nitrogens with one attached hydrogen (secondary N) is 2. The third-order valence-corrected chi connectivity index (χ3v) is 5.17. The van der Waals surface area contributed by atoms with Crippen molar-refractivity contribution in [3.05, 3.63) is 62.2 Å². The molecular weight excluding hydrogens is 442 g/mol. The second kappa shape index (κ2) is 8.11. The summed E-state index contributed by atoms with van der Waals surface area (Å²) in [4.78, 5) is 40.7. The Morgan fingerprint density at radius 1 is 1.31 bits per heavy atom. The van der Waals surface area contributed by atoms with Gasteiger partial charge in [0.25, 0.3) is 17.1 Å². The molecule has 3 rings (SSSR count). The van der Waals surface area contributed by atoms with Crippen molar-refractivity contribution in [2.75, 3.05) is 13.1 Å². The van der Waals surface area contributed by atoms with Gasteiger partial charge in [0.15, 0.2) is 0 Å². The van der Waals surface area contributed by atoms with Crippen molar-refractivity contribution in [3.63, 3.8) is 0 Å². The fraction of sp³-hybridized carbons (Fsp3) is 0.118. The summed E-state index contributed by atoms with van der Waals surface area (Å²) in [6.45, 7) is 0.276. The molecule has 0 bridgehead atoms. The van der Waals surface area contributed by atoms with E-state index in [0.717, 1.165) is 26.7 Å². The Morgan fingerprint density at radius 2 is 2.04 bits per heavy atom. The van der Waals surface area contributed by atoms with Gasteiger partial charge >= 0.3 is 0 Å². The number of benzene rings is 1. The van der Waals surface area contributed by atoms with Gasteiger partial charge in [-0.25, -0.2) is 0 Å². The zero-order valence-corrected chi connectivity index (χ0v) is 16.5. The average Bonchev–Trinajstić information content (AvgIpc) is 3.15. The van der Waals surface area contributed by atoms with Gasteiger partial charge in [0.05, 0.1) is 4.91 Å². The van der Waals surface area contributed by atoms with Crippen LogP contribution in [0.2, 0.25) is 5.02 Å². The average molecular weight is 455 g/mol. The third-order valence-electron chi connectivity index (χ3n) is 3.55. The lowest BCUT2D eigenvalue weighted by molar-refractivity contribution is -0.122. The monoisotopic (exact) mass is 453 g/mol. The number of carbonyl (C=O) groups excluding carboxylic acids is 3. The molecule has 0 atom stereocenters. The number of carbonyl (C=O) groups is 3. The zero-order valence-electron chi connectivity index (χ0n) is 13.3. The predicted octanol–water partition coefficient (Wildman–Crippen LogP) is 3.90. The van der Waals surface area contributed by atoms with E-state index in [1.807, 2.05) is 0 Å². The molecule has 134 valence electrons. The Hall–Kier alpha value is -2.03. The molecule has 0 unspecified atom stereocenters. The van der Waals surface area contributed by atoms with Crippen LogP contribution in [0.1, 0.15) is 16.1 Å². The van der Waals surface area contributed by atoms with Crippen LogP contribution < -0.4 is 5.32 Å². The summed E-state index contributed by atoms with van der Waals surface area (Å²) in [7, 11) is 0. The molecule has 0 spiro atoms. The molecule has 1 fully saturated rings. The van der Waals surface area contributed by atoms with Crippen LogP contribution in [-0.4, -0.2) is 40.0 Å². The highest BCUT2D eigenvalue weighted by Gasteiger charge is 2.34.